The number of amides is 1. The number of nitrogens with one attached hydrogen (secondary N) is 1. The molecule has 1 amide bonds. The number of nitriles is 1. The Labute approximate surface area is 163 Å². The molecule has 6 heteroatoms. The van der Waals surface area contributed by atoms with Crippen molar-refractivity contribution in [2.75, 3.05) is 7.11 Å². The smallest absolute Gasteiger partial charge is 0.338 e. The van der Waals surface area contributed by atoms with Gasteiger partial charge < -0.3 is 14.5 Å². The van der Waals surface area contributed by atoms with Crippen molar-refractivity contribution in [1.29, 1.82) is 5.26 Å². The molecule has 3 rings (SSSR count). The summed E-state index contributed by atoms with van der Waals surface area (Å²) in [4.78, 5) is 24.2. The Morgan fingerprint density at radius 3 is 2.68 bits per heavy atom. The lowest BCUT2D eigenvalue weighted by Crippen LogP contribution is -2.33. The molecule has 28 heavy (non-hydrogen) atoms. The van der Waals surface area contributed by atoms with Gasteiger partial charge in [-0.05, 0) is 43.5 Å². The number of carbonyl (C=O) groups is 2. The second-order valence-electron chi connectivity index (χ2n) is 6.80. The van der Waals surface area contributed by atoms with Gasteiger partial charge in [-0.15, -0.1) is 0 Å². The molecule has 0 radical (unpaired) electrons. The molecule has 0 atom stereocenters. The third kappa shape index (κ3) is 4.15. The number of furan rings is 1. The molecule has 1 aliphatic carbocycles. The Morgan fingerprint density at radius 2 is 2.00 bits per heavy atom. The van der Waals surface area contributed by atoms with Gasteiger partial charge in [0.25, 0.3) is 5.91 Å². The summed E-state index contributed by atoms with van der Waals surface area (Å²) in [6.45, 7) is 1.81. The summed E-state index contributed by atoms with van der Waals surface area (Å²) in [6.07, 6.45) is 5.54. The summed E-state index contributed by atoms with van der Waals surface area (Å²) in [5, 5.41) is 12.3. The lowest BCUT2D eigenvalue weighted by molar-refractivity contribution is -0.117. The number of rotatable bonds is 5. The molecule has 0 saturated heterocycles. The molecule has 1 aromatic carbocycles. The zero-order chi connectivity index (χ0) is 20.1. The van der Waals surface area contributed by atoms with E-state index in [1.54, 1.807) is 24.3 Å². The van der Waals surface area contributed by atoms with Crippen LogP contribution in [-0.2, 0) is 9.53 Å². The highest BCUT2D eigenvalue weighted by atomic mass is 16.5. The number of methoxy groups -OCH3 is 1. The van der Waals surface area contributed by atoms with Crippen LogP contribution in [0.2, 0.25) is 0 Å². The fourth-order valence-corrected chi connectivity index (χ4v) is 3.43. The Balaban J connectivity index is 1.83. The van der Waals surface area contributed by atoms with Gasteiger partial charge in [0.15, 0.2) is 0 Å². The predicted molar refractivity (Wildman–Crippen MR) is 104 cm³/mol. The molecule has 1 saturated carbocycles. The van der Waals surface area contributed by atoms with Gasteiger partial charge in [0.2, 0.25) is 0 Å². The molecule has 1 fully saturated rings. The highest BCUT2D eigenvalue weighted by molar-refractivity contribution is 6.01. The first-order valence-electron chi connectivity index (χ1n) is 9.24. The highest BCUT2D eigenvalue weighted by Gasteiger charge is 2.20. The summed E-state index contributed by atoms with van der Waals surface area (Å²) >= 11 is 0. The number of carbonyl (C=O) groups excluding carboxylic acids is 2. The van der Waals surface area contributed by atoms with E-state index in [0.29, 0.717) is 17.1 Å². The molecule has 0 aliphatic heterocycles. The second kappa shape index (κ2) is 8.57. The summed E-state index contributed by atoms with van der Waals surface area (Å²) < 4.78 is 10.6. The van der Waals surface area contributed by atoms with Crippen LogP contribution in [0.15, 0.2) is 40.3 Å². The quantitative estimate of drug-likeness (QED) is 0.482. The fourth-order valence-electron chi connectivity index (χ4n) is 3.43. The summed E-state index contributed by atoms with van der Waals surface area (Å²) in [5.41, 5.74) is 1.95. The van der Waals surface area contributed by atoms with Crippen LogP contribution in [-0.4, -0.2) is 25.0 Å². The van der Waals surface area contributed by atoms with E-state index in [1.165, 1.54) is 13.2 Å². The molecular weight excluding hydrogens is 356 g/mol. The number of esters is 1. The van der Waals surface area contributed by atoms with Crippen LogP contribution in [0, 0.1) is 18.3 Å². The first-order valence-corrected chi connectivity index (χ1v) is 9.24. The molecule has 0 unspecified atom stereocenters. The molecule has 2 aromatic rings. The van der Waals surface area contributed by atoms with E-state index in [0.717, 1.165) is 36.8 Å². The minimum atomic E-state index is -0.415. The summed E-state index contributed by atoms with van der Waals surface area (Å²) in [5.74, 6) is 0.150. The van der Waals surface area contributed by atoms with E-state index >= 15 is 0 Å². The van der Waals surface area contributed by atoms with Crippen molar-refractivity contribution in [3.8, 4) is 17.4 Å². The number of ether oxygens (including phenoxy) is 1. The lowest BCUT2D eigenvalue weighted by atomic mass is 10.0. The van der Waals surface area contributed by atoms with Crippen molar-refractivity contribution < 1.29 is 18.7 Å². The Kier molecular flexibility index (Phi) is 5.95. The van der Waals surface area contributed by atoms with Crippen LogP contribution in [0.3, 0.4) is 0 Å². The Hall–Kier alpha value is -3.33. The number of hydrogen-bond donors (Lipinski definition) is 1. The monoisotopic (exact) mass is 378 g/mol. The molecule has 144 valence electrons. The van der Waals surface area contributed by atoms with Crippen molar-refractivity contribution >= 4 is 18.0 Å². The minimum Gasteiger partial charge on any atom is -0.465 e. The van der Waals surface area contributed by atoms with Crippen LogP contribution in [0.5, 0.6) is 0 Å². The molecule has 1 N–H and O–H groups in total. The first-order chi connectivity index (χ1) is 13.5. The zero-order valence-electron chi connectivity index (χ0n) is 16.0. The maximum Gasteiger partial charge on any atom is 0.338 e. The van der Waals surface area contributed by atoms with Crippen LogP contribution >= 0.6 is 0 Å². The van der Waals surface area contributed by atoms with Gasteiger partial charge >= 0.3 is 5.97 Å². The SMILES string of the molecule is COC(=O)c1cccc(-c2ccc(/C=C(/C#N)C(=O)NC3CCCC3)o2)c1C. The standard InChI is InChI=1S/C22H22N2O4/c1-14-18(8-5-9-19(14)22(26)27-2)20-11-10-17(28-20)12-15(13-23)21(25)24-16-6-3-4-7-16/h5,8-12,16H,3-4,6-7H2,1-2H3,(H,24,25)/b15-12-. The van der Waals surface area contributed by atoms with Gasteiger partial charge in [-0.2, -0.15) is 5.26 Å². The van der Waals surface area contributed by atoms with Crippen molar-refractivity contribution in [3.05, 3.63) is 52.8 Å². The molecule has 0 spiro atoms. The van der Waals surface area contributed by atoms with Crippen molar-refractivity contribution in [2.24, 2.45) is 0 Å². The second-order valence-corrected chi connectivity index (χ2v) is 6.80. The average Bonchev–Trinajstić information content (AvgIpc) is 3.37. The van der Waals surface area contributed by atoms with E-state index in [9.17, 15) is 14.9 Å². The van der Waals surface area contributed by atoms with E-state index in [2.05, 4.69) is 5.32 Å². The fraction of sp³-hybridized carbons (Fsp3) is 0.318. The van der Waals surface area contributed by atoms with E-state index in [-0.39, 0.29) is 17.5 Å². The molecule has 1 heterocycles. The Bertz CT molecular complexity index is 959. The maximum absolute atomic E-state index is 12.3. The van der Waals surface area contributed by atoms with Gasteiger partial charge in [-0.25, -0.2) is 4.79 Å². The number of nitrogens with zero attached hydrogens (tertiary/aromatic N) is 1. The van der Waals surface area contributed by atoms with Gasteiger partial charge in [-0.3, -0.25) is 4.79 Å². The number of hydrogen-bond acceptors (Lipinski definition) is 5. The largest absolute Gasteiger partial charge is 0.465 e. The normalized spacial score (nSPS) is 14.5. The van der Waals surface area contributed by atoms with Crippen molar-refractivity contribution in [1.82, 2.24) is 5.32 Å². The van der Waals surface area contributed by atoms with Gasteiger partial charge in [0, 0.05) is 17.7 Å². The van der Waals surface area contributed by atoms with Crippen LogP contribution < -0.4 is 5.32 Å². The summed E-state index contributed by atoms with van der Waals surface area (Å²) in [6, 6.07) is 10.8. The van der Waals surface area contributed by atoms with E-state index in [1.807, 2.05) is 19.1 Å². The molecule has 6 nitrogen and oxygen atoms in total. The van der Waals surface area contributed by atoms with Crippen molar-refractivity contribution in [2.45, 2.75) is 38.6 Å². The average molecular weight is 378 g/mol. The molecular formula is C22H22N2O4. The van der Waals surface area contributed by atoms with Gasteiger partial charge in [0.05, 0.1) is 12.7 Å². The minimum absolute atomic E-state index is 0.00725. The van der Waals surface area contributed by atoms with Gasteiger partial charge in [0.1, 0.15) is 23.2 Å². The van der Waals surface area contributed by atoms with E-state index in [4.69, 9.17) is 9.15 Å². The topological polar surface area (TPSA) is 92.3 Å². The third-order valence-corrected chi connectivity index (χ3v) is 4.97. The zero-order valence-corrected chi connectivity index (χ0v) is 16.0. The lowest BCUT2D eigenvalue weighted by Gasteiger charge is -2.10. The molecule has 1 aliphatic rings. The highest BCUT2D eigenvalue weighted by Crippen LogP contribution is 2.28. The molecule has 1 aromatic heterocycles. The third-order valence-electron chi connectivity index (χ3n) is 4.97. The van der Waals surface area contributed by atoms with Crippen LogP contribution in [0.25, 0.3) is 17.4 Å². The van der Waals surface area contributed by atoms with Crippen molar-refractivity contribution in [3.63, 3.8) is 0 Å². The number of benzene rings is 1. The predicted octanol–water partition coefficient (Wildman–Crippen LogP) is 4.01. The van der Waals surface area contributed by atoms with Crippen LogP contribution in [0.1, 0.15) is 47.4 Å². The molecule has 0 bridgehead atoms. The summed E-state index contributed by atoms with van der Waals surface area (Å²) in [7, 11) is 1.34. The Morgan fingerprint density at radius 1 is 1.25 bits per heavy atom. The maximum atomic E-state index is 12.3. The van der Waals surface area contributed by atoms with E-state index < -0.39 is 5.97 Å². The van der Waals surface area contributed by atoms with Gasteiger partial charge in [-0.1, -0.05) is 25.0 Å². The first kappa shape index (κ1) is 19.4. The van der Waals surface area contributed by atoms with Crippen LogP contribution in [0.4, 0.5) is 0 Å².